The van der Waals surface area contributed by atoms with Crippen LogP contribution in [0.2, 0.25) is 0 Å². The Morgan fingerprint density at radius 2 is 1.75 bits per heavy atom. The Morgan fingerprint density at radius 1 is 1.06 bits per heavy atom. The van der Waals surface area contributed by atoms with Gasteiger partial charge in [-0.25, -0.2) is 4.39 Å². The van der Waals surface area contributed by atoms with Crippen molar-refractivity contribution < 1.29 is 9.50 Å². The first-order chi connectivity index (χ1) is 7.68. The number of aliphatic hydroxyl groups is 1. The lowest BCUT2D eigenvalue weighted by atomic mass is 10.0. The van der Waals surface area contributed by atoms with E-state index in [2.05, 4.69) is 15.9 Å². The monoisotopic (exact) mass is 280 g/mol. The Morgan fingerprint density at radius 3 is 2.38 bits per heavy atom. The minimum absolute atomic E-state index is 0.323. The maximum absolute atomic E-state index is 12.9. The van der Waals surface area contributed by atoms with Crippen LogP contribution in [-0.4, -0.2) is 5.11 Å². The molecule has 0 aliphatic heterocycles. The predicted molar refractivity (Wildman–Crippen MR) is 64.6 cm³/mol. The lowest BCUT2D eigenvalue weighted by Crippen LogP contribution is -2.00. The van der Waals surface area contributed by atoms with Gasteiger partial charge in [0.15, 0.2) is 0 Å². The summed E-state index contributed by atoms with van der Waals surface area (Å²) in [6, 6.07) is 13.5. The lowest BCUT2D eigenvalue weighted by molar-refractivity contribution is 0.219. The fraction of sp³-hybridized carbons (Fsp3) is 0.0769. The highest BCUT2D eigenvalue weighted by molar-refractivity contribution is 9.10. The number of hydrogen-bond donors (Lipinski definition) is 1. The third-order valence-corrected chi connectivity index (χ3v) is 3.06. The molecule has 0 aliphatic carbocycles. The fourth-order valence-corrected chi connectivity index (χ4v) is 2.11. The van der Waals surface area contributed by atoms with Crippen molar-refractivity contribution in [3.05, 3.63) is 69.9 Å². The molecule has 0 amide bonds. The van der Waals surface area contributed by atoms with Gasteiger partial charge in [0.1, 0.15) is 11.9 Å². The molecule has 0 radical (unpaired) electrons. The van der Waals surface area contributed by atoms with E-state index in [4.69, 9.17) is 0 Å². The predicted octanol–water partition coefficient (Wildman–Crippen LogP) is 3.67. The average Bonchev–Trinajstić information content (AvgIpc) is 2.29. The Labute approximate surface area is 102 Å². The Hall–Kier alpha value is -1.19. The van der Waals surface area contributed by atoms with Gasteiger partial charge in [-0.2, -0.15) is 0 Å². The van der Waals surface area contributed by atoms with Gasteiger partial charge in [0, 0.05) is 4.47 Å². The van der Waals surface area contributed by atoms with Crippen molar-refractivity contribution >= 4 is 15.9 Å². The molecule has 1 N–H and O–H groups in total. The van der Waals surface area contributed by atoms with E-state index in [0.29, 0.717) is 10.0 Å². The van der Waals surface area contributed by atoms with Crippen LogP contribution in [-0.2, 0) is 0 Å². The Kier molecular flexibility index (Phi) is 3.36. The van der Waals surface area contributed by atoms with Gasteiger partial charge in [-0.05, 0) is 23.3 Å². The van der Waals surface area contributed by atoms with Gasteiger partial charge in [-0.1, -0.05) is 52.3 Å². The topological polar surface area (TPSA) is 20.2 Å². The van der Waals surface area contributed by atoms with E-state index in [1.165, 1.54) is 12.1 Å². The van der Waals surface area contributed by atoms with Gasteiger partial charge in [-0.15, -0.1) is 0 Å². The van der Waals surface area contributed by atoms with Crippen molar-refractivity contribution in [1.29, 1.82) is 0 Å². The standard InChI is InChI=1S/C13H10BrFO/c14-12-8-10(15)6-7-11(12)13(16)9-4-2-1-3-5-9/h1-8,13,16H. The minimum Gasteiger partial charge on any atom is -0.384 e. The third kappa shape index (κ3) is 2.31. The van der Waals surface area contributed by atoms with E-state index in [-0.39, 0.29) is 5.82 Å². The summed E-state index contributed by atoms with van der Waals surface area (Å²) in [6.45, 7) is 0. The molecule has 1 unspecified atom stereocenters. The summed E-state index contributed by atoms with van der Waals surface area (Å²) < 4.78 is 13.5. The van der Waals surface area contributed by atoms with Crippen LogP contribution in [0.3, 0.4) is 0 Å². The summed E-state index contributed by atoms with van der Waals surface area (Å²) >= 11 is 3.24. The largest absolute Gasteiger partial charge is 0.384 e. The first-order valence-corrected chi connectivity index (χ1v) is 5.66. The smallest absolute Gasteiger partial charge is 0.124 e. The molecule has 1 nitrogen and oxygen atoms in total. The van der Waals surface area contributed by atoms with E-state index in [9.17, 15) is 9.50 Å². The van der Waals surface area contributed by atoms with Crippen LogP contribution >= 0.6 is 15.9 Å². The summed E-state index contributed by atoms with van der Waals surface area (Å²) in [4.78, 5) is 0. The summed E-state index contributed by atoms with van der Waals surface area (Å²) in [7, 11) is 0. The molecule has 0 saturated carbocycles. The number of halogens is 2. The fourth-order valence-electron chi connectivity index (χ4n) is 1.54. The number of rotatable bonds is 2. The molecule has 82 valence electrons. The molecule has 2 aromatic rings. The second-order valence-electron chi connectivity index (χ2n) is 3.48. The zero-order valence-electron chi connectivity index (χ0n) is 8.40. The van der Waals surface area contributed by atoms with Crippen LogP contribution in [0.15, 0.2) is 53.0 Å². The quantitative estimate of drug-likeness (QED) is 0.890. The normalized spacial score (nSPS) is 12.4. The van der Waals surface area contributed by atoms with Crippen LogP contribution < -0.4 is 0 Å². The maximum Gasteiger partial charge on any atom is 0.124 e. The minimum atomic E-state index is -0.740. The van der Waals surface area contributed by atoms with Crippen LogP contribution in [0, 0.1) is 5.82 Å². The van der Waals surface area contributed by atoms with Gasteiger partial charge in [0.25, 0.3) is 0 Å². The van der Waals surface area contributed by atoms with Crippen molar-refractivity contribution in [3.8, 4) is 0 Å². The first-order valence-electron chi connectivity index (χ1n) is 4.86. The molecule has 3 heteroatoms. The maximum atomic E-state index is 12.9. The number of aliphatic hydroxyl groups excluding tert-OH is 1. The molecule has 0 aromatic heterocycles. The van der Waals surface area contributed by atoms with Crippen LogP contribution in [0.5, 0.6) is 0 Å². The van der Waals surface area contributed by atoms with E-state index in [0.717, 1.165) is 5.56 Å². The molecule has 2 rings (SSSR count). The van der Waals surface area contributed by atoms with Gasteiger partial charge >= 0.3 is 0 Å². The van der Waals surface area contributed by atoms with Gasteiger partial charge in [0.05, 0.1) is 0 Å². The third-order valence-electron chi connectivity index (χ3n) is 2.37. The summed E-state index contributed by atoms with van der Waals surface area (Å²) in [5.74, 6) is -0.323. The van der Waals surface area contributed by atoms with Crippen LogP contribution in [0.4, 0.5) is 4.39 Å². The van der Waals surface area contributed by atoms with Crippen molar-refractivity contribution in [2.45, 2.75) is 6.10 Å². The zero-order chi connectivity index (χ0) is 11.5. The van der Waals surface area contributed by atoms with Crippen LogP contribution in [0.1, 0.15) is 17.2 Å². The average molecular weight is 281 g/mol. The first kappa shape index (κ1) is 11.3. The lowest BCUT2D eigenvalue weighted by Gasteiger charge is -2.13. The molecule has 0 saturated heterocycles. The zero-order valence-corrected chi connectivity index (χ0v) is 9.99. The molecule has 0 aliphatic rings. The summed E-state index contributed by atoms with van der Waals surface area (Å²) in [5.41, 5.74) is 1.45. The van der Waals surface area contributed by atoms with E-state index in [1.54, 1.807) is 6.07 Å². The van der Waals surface area contributed by atoms with Crippen molar-refractivity contribution in [1.82, 2.24) is 0 Å². The van der Waals surface area contributed by atoms with E-state index in [1.807, 2.05) is 30.3 Å². The summed E-state index contributed by atoms with van der Waals surface area (Å²) in [6.07, 6.45) is -0.740. The van der Waals surface area contributed by atoms with Crippen molar-refractivity contribution in [2.24, 2.45) is 0 Å². The highest BCUT2D eigenvalue weighted by Gasteiger charge is 2.13. The molecule has 2 aromatic carbocycles. The number of benzene rings is 2. The van der Waals surface area contributed by atoms with E-state index < -0.39 is 6.10 Å². The van der Waals surface area contributed by atoms with E-state index >= 15 is 0 Å². The SMILES string of the molecule is OC(c1ccccc1)c1ccc(F)cc1Br. The second-order valence-corrected chi connectivity index (χ2v) is 4.33. The molecule has 0 spiro atoms. The molecule has 0 bridgehead atoms. The highest BCUT2D eigenvalue weighted by Crippen LogP contribution is 2.28. The van der Waals surface area contributed by atoms with Crippen molar-refractivity contribution in [3.63, 3.8) is 0 Å². The summed E-state index contributed by atoms with van der Waals surface area (Å²) in [5, 5.41) is 10.1. The molecule has 16 heavy (non-hydrogen) atoms. The number of hydrogen-bond acceptors (Lipinski definition) is 1. The van der Waals surface area contributed by atoms with Crippen LogP contribution in [0.25, 0.3) is 0 Å². The highest BCUT2D eigenvalue weighted by atomic mass is 79.9. The molecular weight excluding hydrogens is 271 g/mol. The molecule has 0 fully saturated rings. The van der Waals surface area contributed by atoms with Gasteiger partial charge < -0.3 is 5.11 Å². The molecule has 0 heterocycles. The second kappa shape index (κ2) is 4.76. The Bertz CT molecular complexity index is 485. The van der Waals surface area contributed by atoms with Crippen molar-refractivity contribution in [2.75, 3.05) is 0 Å². The molecular formula is C13H10BrFO. The Balaban J connectivity index is 2.38. The van der Waals surface area contributed by atoms with Gasteiger partial charge in [0.2, 0.25) is 0 Å². The van der Waals surface area contributed by atoms with Gasteiger partial charge in [-0.3, -0.25) is 0 Å². The molecule has 1 atom stereocenters.